The van der Waals surface area contributed by atoms with Gasteiger partial charge in [0.2, 0.25) is 15.9 Å². The van der Waals surface area contributed by atoms with Gasteiger partial charge in [-0.15, -0.1) is 0 Å². The van der Waals surface area contributed by atoms with E-state index < -0.39 is 21.3 Å². The minimum Gasteiger partial charge on any atom is -0.372 e. The predicted octanol–water partition coefficient (Wildman–Crippen LogP) is 3.24. The average Bonchev–Trinajstić information content (AvgIpc) is 3.27. The van der Waals surface area contributed by atoms with E-state index >= 15 is 0 Å². The average molecular weight is 428 g/mol. The molecule has 8 heteroatoms. The molecular weight excluding hydrogens is 402 g/mol. The first-order valence-electron chi connectivity index (χ1n) is 10.0. The zero-order valence-electron chi connectivity index (χ0n) is 17.1. The van der Waals surface area contributed by atoms with Crippen molar-refractivity contribution in [3.8, 4) is 0 Å². The summed E-state index contributed by atoms with van der Waals surface area (Å²) in [5, 5.41) is 2.83. The number of benzene rings is 2. The third-order valence-corrected chi connectivity index (χ3v) is 7.54. The van der Waals surface area contributed by atoms with Crippen molar-refractivity contribution in [2.45, 2.75) is 26.7 Å². The summed E-state index contributed by atoms with van der Waals surface area (Å²) in [7, 11) is -3.76. The molecule has 2 amide bonds. The normalized spacial score (nSPS) is 19.9. The number of anilines is 3. The number of nitrogens with zero attached hydrogens (tertiary/aromatic N) is 2. The SMILES string of the molecule is CC1(C)CS(=O)(=O)N(c2cccc(C(=O)Nc3ccc(N4CCCC4)cc3)c2)C1=O. The maximum absolute atomic E-state index is 12.7. The molecule has 0 aromatic heterocycles. The molecule has 1 N–H and O–H groups in total. The van der Waals surface area contributed by atoms with E-state index in [1.165, 1.54) is 25.0 Å². The van der Waals surface area contributed by atoms with E-state index in [0.717, 1.165) is 23.1 Å². The van der Waals surface area contributed by atoms with Crippen LogP contribution in [0.1, 0.15) is 37.0 Å². The Labute approximate surface area is 176 Å². The van der Waals surface area contributed by atoms with Crippen LogP contribution in [0.3, 0.4) is 0 Å². The van der Waals surface area contributed by atoms with Crippen molar-refractivity contribution in [3.05, 3.63) is 54.1 Å². The Morgan fingerprint density at radius 2 is 1.67 bits per heavy atom. The number of sulfonamides is 1. The van der Waals surface area contributed by atoms with Gasteiger partial charge in [-0.25, -0.2) is 12.7 Å². The smallest absolute Gasteiger partial charge is 0.255 e. The van der Waals surface area contributed by atoms with Crippen LogP contribution in [0.2, 0.25) is 0 Å². The van der Waals surface area contributed by atoms with Crippen LogP contribution in [0.25, 0.3) is 0 Å². The molecule has 0 atom stereocenters. The number of rotatable bonds is 4. The van der Waals surface area contributed by atoms with Gasteiger partial charge in [0, 0.05) is 30.0 Å². The standard InChI is InChI=1S/C22H25N3O4S/c1-22(2)15-30(28,29)25(21(22)27)19-7-5-6-16(14-19)20(26)23-17-8-10-18(11-9-17)24-12-3-4-13-24/h5-11,14H,3-4,12-13,15H2,1-2H3,(H,23,26). The largest absolute Gasteiger partial charge is 0.372 e. The second-order valence-electron chi connectivity index (χ2n) is 8.46. The highest BCUT2D eigenvalue weighted by Crippen LogP contribution is 2.36. The quantitative estimate of drug-likeness (QED) is 0.809. The van der Waals surface area contributed by atoms with Gasteiger partial charge >= 0.3 is 0 Å². The number of amides is 2. The first-order chi connectivity index (χ1) is 14.2. The minimum absolute atomic E-state index is 0.183. The highest BCUT2D eigenvalue weighted by Gasteiger charge is 2.49. The summed E-state index contributed by atoms with van der Waals surface area (Å²) in [4.78, 5) is 27.6. The van der Waals surface area contributed by atoms with Gasteiger partial charge in [0.25, 0.3) is 5.91 Å². The first kappa shape index (κ1) is 20.4. The molecule has 158 valence electrons. The van der Waals surface area contributed by atoms with Gasteiger partial charge in [0.1, 0.15) is 0 Å². The number of nitrogens with one attached hydrogen (secondary N) is 1. The lowest BCUT2D eigenvalue weighted by atomic mass is 9.95. The Bertz CT molecular complexity index is 1090. The van der Waals surface area contributed by atoms with Crippen molar-refractivity contribution < 1.29 is 18.0 Å². The van der Waals surface area contributed by atoms with Crippen LogP contribution in [-0.4, -0.2) is 39.1 Å². The van der Waals surface area contributed by atoms with Crippen molar-refractivity contribution in [2.75, 3.05) is 33.4 Å². The fourth-order valence-corrected chi connectivity index (χ4v) is 6.07. The Kier molecular flexibility index (Phi) is 5.05. The van der Waals surface area contributed by atoms with Crippen LogP contribution in [0.15, 0.2) is 48.5 Å². The summed E-state index contributed by atoms with van der Waals surface area (Å²) in [5.74, 6) is -1.11. The van der Waals surface area contributed by atoms with Gasteiger partial charge in [0.05, 0.1) is 16.9 Å². The first-order valence-corrected chi connectivity index (χ1v) is 11.6. The second kappa shape index (κ2) is 7.43. The summed E-state index contributed by atoms with van der Waals surface area (Å²) in [5.41, 5.74) is 1.26. The molecule has 4 rings (SSSR count). The number of hydrogen-bond acceptors (Lipinski definition) is 5. The van der Waals surface area contributed by atoms with Crippen LogP contribution < -0.4 is 14.5 Å². The number of carbonyl (C=O) groups excluding carboxylic acids is 2. The monoisotopic (exact) mass is 427 g/mol. The van der Waals surface area contributed by atoms with Gasteiger partial charge in [-0.1, -0.05) is 6.07 Å². The summed E-state index contributed by atoms with van der Waals surface area (Å²) in [6.45, 7) is 5.31. The lowest BCUT2D eigenvalue weighted by Crippen LogP contribution is -2.33. The van der Waals surface area contributed by atoms with Crippen LogP contribution >= 0.6 is 0 Å². The maximum Gasteiger partial charge on any atom is 0.255 e. The molecule has 0 unspecified atom stereocenters. The molecular formula is C22H25N3O4S. The summed E-state index contributed by atoms with van der Waals surface area (Å²) < 4.78 is 25.8. The fraction of sp³-hybridized carbons (Fsp3) is 0.364. The third-order valence-electron chi connectivity index (χ3n) is 5.52. The molecule has 0 aliphatic carbocycles. The van der Waals surface area contributed by atoms with Crippen LogP contribution in [0, 0.1) is 5.41 Å². The highest BCUT2D eigenvalue weighted by atomic mass is 32.2. The molecule has 2 aromatic carbocycles. The van der Waals surface area contributed by atoms with Gasteiger partial charge in [0.15, 0.2) is 0 Å². The van der Waals surface area contributed by atoms with Crippen molar-refractivity contribution in [2.24, 2.45) is 5.41 Å². The molecule has 30 heavy (non-hydrogen) atoms. The molecule has 2 aromatic rings. The molecule has 2 fully saturated rings. The molecule has 2 saturated heterocycles. The van der Waals surface area contributed by atoms with Gasteiger partial charge in [-0.3, -0.25) is 9.59 Å². The van der Waals surface area contributed by atoms with Crippen LogP contribution in [0.4, 0.5) is 17.1 Å². The molecule has 0 saturated carbocycles. The summed E-state index contributed by atoms with van der Waals surface area (Å²) in [6.07, 6.45) is 2.39. The third kappa shape index (κ3) is 3.79. The van der Waals surface area contributed by atoms with E-state index in [4.69, 9.17) is 0 Å². The number of hydrogen-bond donors (Lipinski definition) is 1. The Morgan fingerprint density at radius 3 is 2.27 bits per heavy atom. The van der Waals surface area contributed by atoms with E-state index in [1.54, 1.807) is 26.0 Å². The minimum atomic E-state index is -3.76. The fourth-order valence-electron chi connectivity index (χ4n) is 3.97. The van der Waals surface area contributed by atoms with E-state index in [-0.39, 0.29) is 22.9 Å². The van der Waals surface area contributed by atoms with Crippen molar-refractivity contribution >= 4 is 38.9 Å². The molecule has 2 heterocycles. The number of carbonyl (C=O) groups is 2. The molecule has 2 aliphatic rings. The zero-order valence-corrected chi connectivity index (χ0v) is 17.9. The molecule has 0 spiro atoms. The lowest BCUT2D eigenvalue weighted by molar-refractivity contribution is -0.123. The van der Waals surface area contributed by atoms with Gasteiger partial charge in [-0.05, 0) is 69.2 Å². The Balaban J connectivity index is 1.52. The van der Waals surface area contributed by atoms with E-state index in [2.05, 4.69) is 10.2 Å². The Morgan fingerprint density at radius 1 is 1.00 bits per heavy atom. The molecule has 2 aliphatic heterocycles. The lowest BCUT2D eigenvalue weighted by Gasteiger charge is -2.18. The molecule has 0 radical (unpaired) electrons. The van der Waals surface area contributed by atoms with Gasteiger partial charge in [-0.2, -0.15) is 0 Å². The van der Waals surface area contributed by atoms with Crippen LogP contribution in [0.5, 0.6) is 0 Å². The Hall–Kier alpha value is -2.87. The van der Waals surface area contributed by atoms with Crippen molar-refractivity contribution in [1.82, 2.24) is 0 Å². The summed E-state index contributed by atoms with van der Waals surface area (Å²) >= 11 is 0. The predicted molar refractivity (Wildman–Crippen MR) is 117 cm³/mol. The van der Waals surface area contributed by atoms with Crippen LogP contribution in [-0.2, 0) is 14.8 Å². The topological polar surface area (TPSA) is 86.8 Å². The van der Waals surface area contributed by atoms with E-state index in [0.29, 0.717) is 5.69 Å². The van der Waals surface area contributed by atoms with E-state index in [9.17, 15) is 18.0 Å². The zero-order chi connectivity index (χ0) is 21.5. The molecule has 0 bridgehead atoms. The van der Waals surface area contributed by atoms with Crippen molar-refractivity contribution in [3.63, 3.8) is 0 Å². The van der Waals surface area contributed by atoms with Gasteiger partial charge < -0.3 is 10.2 Å². The second-order valence-corrected chi connectivity index (χ2v) is 10.3. The van der Waals surface area contributed by atoms with Crippen molar-refractivity contribution in [1.29, 1.82) is 0 Å². The molecule has 7 nitrogen and oxygen atoms in total. The summed E-state index contributed by atoms with van der Waals surface area (Å²) in [6, 6.07) is 13.8. The van der Waals surface area contributed by atoms with E-state index in [1.807, 2.05) is 24.3 Å². The highest BCUT2D eigenvalue weighted by molar-refractivity contribution is 7.94. The maximum atomic E-state index is 12.7.